The minimum atomic E-state index is -4.45. The summed E-state index contributed by atoms with van der Waals surface area (Å²) in [7, 11) is 0. The Morgan fingerprint density at radius 2 is 2.08 bits per heavy atom. The lowest BCUT2D eigenvalue weighted by Crippen LogP contribution is -2.11. The molecule has 0 aliphatic rings. The lowest BCUT2D eigenvalue weighted by atomic mass is 10.2. The number of rotatable bonds is 1. The average Bonchev–Trinajstić information content (AvgIpc) is 2.02. The second kappa shape index (κ2) is 3.84. The predicted octanol–water partition coefficient (Wildman–Crippen LogP) is 3.65. The molecule has 0 saturated heterocycles. The fourth-order valence-electron chi connectivity index (χ4n) is 0.840. The monoisotopic (exact) mass is 273 g/mol. The summed E-state index contributed by atoms with van der Waals surface area (Å²) >= 11 is 8.49. The molecule has 0 amide bonds. The zero-order chi connectivity index (χ0) is 10.1. The summed E-state index contributed by atoms with van der Waals surface area (Å²) in [4.78, 5) is 3.24. The second-order valence-electron chi connectivity index (χ2n) is 2.25. The molecule has 0 aromatic carbocycles. The van der Waals surface area contributed by atoms with E-state index in [2.05, 4.69) is 20.9 Å². The standard InChI is InChI=1S/C7H4BrClF3N/c8-3-4-5(9)1-2-13-6(4)7(10,11)12/h1-2H,3H2. The van der Waals surface area contributed by atoms with Gasteiger partial charge < -0.3 is 0 Å². The molecule has 0 saturated carbocycles. The Kier molecular flexibility index (Phi) is 3.18. The Balaban J connectivity index is 3.29. The third-order valence-electron chi connectivity index (χ3n) is 1.40. The van der Waals surface area contributed by atoms with Crippen LogP contribution in [0.25, 0.3) is 0 Å². The predicted molar refractivity (Wildman–Crippen MR) is 46.9 cm³/mol. The molecule has 0 aliphatic carbocycles. The molecule has 0 bridgehead atoms. The molecule has 0 atom stereocenters. The normalized spacial score (nSPS) is 11.8. The first-order valence-electron chi connectivity index (χ1n) is 3.23. The summed E-state index contributed by atoms with van der Waals surface area (Å²) in [5.74, 6) is 0. The summed E-state index contributed by atoms with van der Waals surface area (Å²) < 4.78 is 36.8. The van der Waals surface area contributed by atoms with Crippen LogP contribution < -0.4 is 0 Å². The highest BCUT2D eigenvalue weighted by molar-refractivity contribution is 9.08. The zero-order valence-corrected chi connectivity index (χ0v) is 8.54. The molecule has 0 radical (unpaired) electrons. The van der Waals surface area contributed by atoms with Crippen LogP contribution in [0, 0.1) is 0 Å². The van der Waals surface area contributed by atoms with Gasteiger partial charge in [-0.2, -0.15) is 13.2 Å². The SMILES string of the molecule is FC(F)(F)c1nccc(Cl)c1CBr. The van der Waals surface area contributed by atoms with Gasteiger partial charge in [-0.05, 0) is 6.07 Å². The number of alkyl halides is 4. The van der Waals surface area contributed by atoms with E-state index in [4.69, 9.17) is 11.6 Å². The number of hydrogen-bond acceptors (Lipinski definition) is 1. The van der Waals surface area contributed by atoms with Crippen molar-refractivity contribution in [2.75, 3.05) is 0 Å². The van der Waals surface area contributed by atoms with E-state index < -0.39 is 11.9 Å². The van der Waals surface area contributed by atoms with Gasteiger partial charge in [-0.3, -0.25) is 4.98 Å². The molecule has 13 heavy (non-hydrogen) atoms. The van der Waals surface area contributed by atoms with Crippen molar-refractivity contribution in [1.29, 1.82) is 0 Å². The highest BCUT2D eigenvalue weighted by Crippen LogP contribution is 2.34. The number of pyridine rings is 1. The smallest absolute Gasteiger partial charge is 0.251 e. The van der Waals surface area contributed by atoms with Crippen molar-refractivity contribution in [3.05, 3.63) is 28.5 Å². The molecule has 6 heteroatoms. The quantitative estimate of drug-likeness (QED) is 0.712. The molecule has 1 nitrogen and oxygen atoms in total. The van der Waals surface area contributed by atoms with Gasteiger partial charge in [0.2, 0.25) is 0 Å². The summed E-state index contributed by atoms with van der Waals surface area (Å²) in [5, 5.41) is 0.105. The number of nitrogens with zero attached hydrogens (tertiary/aromatic N) is 1. The van der Waals surface area contributed by atoms with E-state index in [0.717, 1.165) is 6.20 Å². The third-order valence-corrected chi connectivity index (χ3v) is 2.32. The van der Waals surface area contributed by atoms with E-state index in [0.29, 0.717) is 0 Å². The van der Waals surface area contributed by atoms with Gasteiger partial charge in [0.15, 0.2) is 0 Å². The molecule has 1 heterocycles. The third kappa shape index (κ3) is 2.34. The number of hydrogen-bond donors (Lipinski definition) is 0. The highest BCUT2D eigenvalue weighted by Gasteiger charge is 2.35. The van der Waals surface area contributed by atoms with Crippen molar-refractivity contribution >= 4 is 27.5 Å². The summed E-state index contributed by atoms with van der Waals surface area (Å²) in [6, 6.07) is 1.33. The van der Waals surface area contributed by atoms with E-state index in [1.54, 1.807) is 0 Å². The van der Waals surface area contributed by atoms with Crippen LogP contribution in [-0.2, 0) is 11.5 Å². The summed E-state index contributed by atoms with van der Waals surface area (Å²) in [5.41, 5.74) is -0.964. The van der Waals surface area contributed by atoms with Crippen molar-refractivity contribution in [1.82, 2.24) is 4.98 Å². The van der Waals surface area contributed by atoms with E-state index in [9.17, 15) is 13.2 Å². The van der Waals surface area contributed by atoms with Gasteiger partial charge >= 0.3 is 6.18 Å². The molecule has 72 valence electrons. The Hall–Kier alpha value is -0.290. The van der Waals surface area contributed by atoms with Crippen LogP contribution in [0.5, 0.6) is 0 Å². The van der Waals surface area contributed by atoms with Gasteiger partial charge in [-0.25, -0.2) is 0 Å². The zero-order valence-electron chi connectivity index (χ0n) is 6.20. The maximum Gasteiger partial charge on any atom is 0.433 e. The van der Waals surface area contributed by atoms with Crippen LogP contribution >= 0.6 is 27.5 Å². The Morgan fingerprint density at radius 3 is 2.46 bits per heavy atom. The van der Waals surface area contributed by atoms with Crippen LogP contribution in [-0.4, -0.2) is 4.98 Å². The van der Waals surface area contributed by atoms with Crippen molar-refractivity contribution in [3.63, 3.8) is 0 Å². The van der Waals surface area contributed by atoms with Gasteiger partial charge in [0.25, 0.3) is 0 Å². The Morgan fingerprint density at radius 1 is 1.46 bits per heavy atom. The van der Waals surface area contributed by atoms with Crippen LogP contribution in [0.3, 0.4) is 0 Å². The van der Waals surface area contributed by atoms with E-state index in [1.807, 2.05) is 0 Å². The minimum Gasteiger partial charge on any atom is -0.251 e. The molecule has 0 N–H and O–H groups in total. The topological polar surface area (TPSA) is 12.9 Å². The van der Waals surface area contributed by atoms with Crippen LogP contribution in [0.4, 0.5) is 13.2 Å². The van der Waals surface area contributed by atoms with Gasteiger partial charge in [0.1, 0.15) is 5.69 Å². The molecule has 0 aliphatic heterocycles. The van der Waals surface area contributed by atoms with E-state index in [-0.39, 0.29) is 15.9 Å². The summed E-state index contributed by atoms with van der Waals surface area (Å²) in [6.07, 6.45) is -3.41. The van der Waals surface area contributed by atoms with Crippen LogP contribution in [0.15, 0.2) is 12.3 Å². The van der Waals surface area contributed by atoms with Gasteiger partial charge in [-0.15, -0.1) is 0 Å². The molecular weight excluding hydrogens is 270 g/mol. The molecular formula is C7H4BrClF3N. The summed E-state index contributed by atoms with van der Waals surface area (Å²) in [6.45, 7) is 0. The van der Waals surface area contributed by atoms with E-state index in [1.165, 1.54) is 6.07 Å². The van der Waals surface area contributed by atoms with Gasteiger partial charge in [-0.1, -0.05) is 27.5 Å². The van der Waals surface area contributed by atoms with Crippen LogP contribution in [0.1, 0.15) is 11.3 Å². The minimum absolute atomic E-state index is 0.0309. The first kappa shape index (κ1) is 10.8. The number of aromatic nitrogens is 1. The second-order valence-corrected chi connectivity index (χ2v) is 3.22. The lowest BCUT2D eigenvalue weighted by Gasteiger charge is -2.10. The molecule has 1 rings (SSSR count). The number of halogens is 5. The first-order chi connectivity index (χ1) is 5.96. The maximum absolute atomic E-state index is 12.3. The first-order valence-corrected chi connectivity index (χ1v) is 4.73. The molecule has 1 aromatic heterocycles. The van der Waals surface area contributed by atoms with Gasteiger partial charge in [0.05, 0.1) is 0 Å². The van der Waals surface area contributed by atoms with Crippen molar-refractivity contribution < 1.29 is 13.2 Å². The lowest BCUT2D eigenvalue weighted by molar-refractivity contribution is -0.141. The largest absolute Gasteiger partial charge is 0.433 e. The van der Waals surface area contributed by atoms with Crippen molar-refractivity contribution in [3.8, 4) is 0 Å². The Labute approximate surface area is 86.0 Å². The fourth-order valence-corrected chi connectivity index (χ4v) is 1.78. The molecule has 1 aromatic rings. The van der Waals surface area contributed by atoms with E-state index >= 15 is 0 Å². The van der Waals surface area contributed by atoms with Crippen molar-refractivity contribution in [2.45, 2.75) is 11.5 Å². The van der Waals surface area contributed by atoms with Crippen LogP contribution in [0.2, 0.25) is 5.02 Å². The fraction of sp³-hybridized carbons (Fsp3) is 0.286. The molecule has 0 unspecified atom stereocenters. The van der Waals surface area contributed by atoms with Gasteiger partial charge in [0, 0.05) is 22.1 Å². The molecule has 0 fully saturated rings. The molecule has 0 spiro atoms. The van der Waals surface area contributed by atoms with Crippen molar-refractivity contribution in [2.24, 2.45) is 0 Å². The maximum atomic E-state index is 12.3. The highest BCUT2D eigenvalue weighted by atomic mass is 79.9. The Bertz CT molecular complexity index is 313. The average molecular weight is 274 g/mol.